The van der Waals surface area contributed by atoms with Crippen molar-refractivity contribution in [3.05, 3.63) is 28.8 Å². The van der Waals surface area contributed by atoms with Crippen molar-refractivity contribution >= 4 is 23.2 Å². The van der Waals surface area contributed by atoms with Gasteiger partial charge in [0.1, 0.15) is 0 Å². The Kier molecular flexibility index (Phi) is 6.12. The molecule has 0 saturated heterocycles. The summed E-state index contributed by atoms with van der Waals surface area (Å²) in [4.78, 5) is 11.7. The monoisotopic (exact) mass is 270 g/mol. The third-order valence-electron chi connectivity index (χ3n) is 2.65. The first-order valence-electron chi connectivity index (χ1n) is 5.93. The quantitative estimate of drug-likeness (QED) is 0.740. The van der Waals surface area contributed by atoms with E-state index in [0.29, 0.717) is 11.4 Å². The summed E-state index contributed by atoms with van der Waals surface area (Å²) in [6.45, 7) is 4.16. The molecule has 1 aromatic rings. The first-order chi connectivity index (χ1) is 8.52. The maximum Gasteiger partial charge on any atom is 0.238 e. The molecule has 0 aliphatic carbocycles. The molecule has 1 rings (SSSR count). The first-order valence-corrected chi connectivity index (χ1v) is 6.31. The van der Waals surface area contributed by atoms with Crippen LogP contribution in [0.2, 0.25) is 5.02 Å². The second-order valence-corrected chi connectivity index (χ2v) is 4.74. The number of anilines is 1. The van der Waals surface area contributed by atoms with Gasteiger partial charge in [-0.05, 0) is 38.0 Å². The lowest BCUT2D eigenvalue weighted by molar-refractivity contribution is -0.115. The van der Waals surface area contributed by atoms with Gasteiger partial charge in [-0.25, -0.2) is 0 Å². The van der Waals surface area contributed by atoms with E-state index in [2.05, 4.69) is 10.6 Å². The molecule has 0 saturated carbocycles. The molecule has 0 radical (unpaired) electrons. The molecular formula is C13H19ClN2O2. The van der Waals surface area contributed by atoms with Gasteiger partial charge in [0.15, 0.2) is 0 Å². The Hall–Kier alpha value is -1.10. The van der Waals surface area contributed by atoms with E-state index >= 15 is 0 Å². The molecule has 18 heavy (non-hydrogen) atoms. The minimum Gasteiger partial charge on any atom is -0.396 e. The Bertz CT molecular complexity index is 410. The van der Waals surface area contributed by atoms with Crippen LogP contribution < -0.4 is 10.6 Å². The molecule has 0 fully saturated rings. The highest BCUT2D eigenvalue weighted by Gasteiger charge is 2.07. The largest absolute Gasteiger partial charge is 0.396 e. The molecule has 1 aromatic carbocycles. The molecule has 0 heterocycles. The van der Waals surface area contributed by atoms with Crippen molar-refractivity contribution in [2.45, 2.75) is 26.3 Å². The summed E-state index contributed by atoms with van der Waals surface area (Å²) in [5, 5.41) is 15.2. The first kappa shape index (κ1) is 15.0. The number of carbonyl (C=O) groups excluding carboxylic acids is 1. The molecule has 1 amide bonds. The average molecular weight is 271 g/mol. The van der Waals surface area contributed by atoms with Gasteiger partial charge in [0, 0.05) is 23.4 Å². The van der Waals surface area contributed by atoms with Crippen LogP contribution >= 0.6 is 11.6 Å². The number of carbonyl (C=O) groups is 1. The average Bonchev–Trinajstić information content (AvgIpc) is 2.32. The van der Waals surface area contributed by atoms with Crippen LogP contribution in [0.4, 0.5) is 5.69 Å². The van der Waals surface area contributed by atoms with Crippen molar-refractivity contribution in [1.29, 1.82) is 0 Å². The van der Waals surface area contributed by atoms with Gasteiger partial charge < -0.3 is 15.7 Å². The van der Waals surface area contributed by atoms with Crippen LogP contribution in [0.15, 0.2) is 18.2 Å². The summed E-state index contributed by atoms with van der Waals surface area (Å²) in [6, 6.07) is 5.49. The molecule has 100 valence electrons. The number of aliphatic hydroxyl groups is 1. The van der Waals surface area contributed by atoms with Crippen molar-refractivity contribution in [1.82, 2.24) is 5.32 Å². The van der Waals surface area contributed by atoms with Crippen LogP contribution in [0.1, 0.15) is 18.9 Å². The summed E-state index contributed by atoms with van der Waals surface area (Å²) in [5.74, 6) is -0.120. The fourth-order valence-corrected chi connectivity index (χ4v) is 1.66. The van der Waals surface area contributed by atoms with E-state index in [4.69, 9.17) is 16.7 Å². The number of aryl methyl sites for hydroxylation is 1. The number of aliphatic hydroxyl groups excluding tert-OH is 1. The van der Waals surface area contributed by atoms with Crippen molar-refractivity contribution < 1.29 is 9.90 Å². The predicted molar refractivity (Wildman–Crippen MR) is 74.0 cm³/mol. The highest BCUT2D eigenvalue weighted by Crippen LogP contribution is 2.19. The molecule has 4 nitrogen and oxygen atoms in total. The van der Waals surface area contributed by atoms with Gasteiger partial charge in [-0.3, -0.25) is 4.79 Å². The summed E-state index contributed by atoms with van der Waals surface area (Å²) < 4.78 is 0. The topological polar surface area (TPSA) is 61.4 Å². The van der Waals surface area contributed by atoms with Crippen LogP contribution in [0, 0.1) is 6.92 Å². The van der Waals surface area contributed by atoms with Crippen molar-refractivity contribution in [2.75, 3.05) is 18.5 Å². The molecule has 0 aliphatic rings. The summed E-state index contributed by atoms with van der Waals surface area (Å²) in [5.41, 5.74) is 1.69. The lowest BCUT2D eigenvalue weighted by Gasteiger charge is -2.13. The summed E-state index contributed by atoms with van der Waals surface area (Å²) in [6.07, 6.45) is 0.628. The lowest BCUT2D eigenvalue weighted by atomic mass is 10.2. The predicted octanol–water partition coefficient (Wildman–Crippen LogP) is 1.95. The fourth-order valence-electron chi connectivity index (χ4n) is 1.49. The number of benzene rings is 1. The molecule has 1 atom stereocenters. The second-order valence-electron chi connectivity index (χ2n) is 4.30. The number of rotatable bonds is 6. The van der Waals surface area contributed by atoms with Crippen molar-refractivity contribution in [2.24, 2.45) is 0 Å². The van der Waals surface area contributed by atoms with Gasteiger partial charge >= 0.3 is 0 Å². The van der Waals surface area contributed by atoms with E-state index in [1.165, 1.54) is 0 Å². The van der Waals surface area contributed by atoms with E-state index < -0.39 is 0 Å². The molecule has 0 aromatic heterocycles. The van der Waals surface area contributed by atoms with Gasteiger partial charge in [0.05, 0.1) is 6.54 Å². The Morgan fingerprint density at radius 1 is 1.50 bits per heavy atom. The molecule has 5 heteroatoms. The standard InChI is InChI=1S/C13H19ClN2O2/c1-9-3-4-11(14)7-12(9)16-13(18)8-15-10(2)5-6-17/h3-4,7,10,15,17H,5-6,8H2,1-2H3,(H,16,18). The smallest absolute Gasteiger partial charge is 0.238 e. The van der Waals surface area contributed by atoms with Crippen molar-refractivity contribution in [3.8, 4) is 0 Å². The number of hydrogen-bond acceptors (Lipinski definition) is 3. The van der Waals surface area contributed by atoms with Gasteiger partial charge in [-0.1, -0.05) is 17.7 Å². The number of amides is 1. The van der Waals surface area contributed by atoms with Crippen LogP contribution in [0.25, 0.3) is 0 Å². The maximum absolute atomic E-state index is 11.7. The van der Waals surface area contributed by atoms with Gasteiger partial charge in [-0.2, -0.15) is 0 Å². The van der Waals surface area contributed by atoms with Gasteiger partial charge in [0.2, 0.25) is 5.91 Å². The molecule has 3 N–H and O–H groups in total. The Labute approximate surface area is 112 Å². The zero-order valence-corrected chi connectivity index (χ0v) is 11.4. The number of hydrogen-bond donors (Lipinski definition) is 3. The molecule has 0 bridgehead atoms. The van der Waals surface area contributed by atoms with Crippen LogP contribution in [-0.4, -0.2) is 30.2 Å². The van der Waals surface area contributed by atoms with E-state index in [0.717, 1.165) is 11.3 Å². The SMILES string of the molecule is Cc1ccc(Cl)cc1NC(=O)CNC(C)CCO. The van der Waals surface area contributed by atoms with Crippen molar-refractivity contribution in [3.63, 3.8) is 0 Å². The second kappa shape index (κ2) is 7.36. The maximum atomic E-state index is 11.7. The molecule has 1 unspecified atom stereocenters. The fraction of sp³-hybridized carbons (Fsp3) is 0.462. The van der Waals surface area contributed by atoms with Crippen LogP contribution in [-0.2, 0) is 4.79 Å². The zero-order valence-electron chi connectivity index (χ0n) is 10.7. The Morgan fingerprint density at radius 2 is 2.22 bits per heavy atom. The summed E-state index contributed by atoms with van der Waals surface area (Å²) in [7, 11) is 0. The molecule has 0 aliphatic heterocycles. The minimum absolute atomic E-state index is 0.112. The number of nitrogens with one attached hydrogen (secondary N) is 2. The van der Waals surface area contributed by atoms with Crippen LogP contribution in [0.5, 0.6) is 0 Å². The van der Waals surface area contributed by atoms with E-state index in [1.807, 2.05) is 19.9 Å². The highest BCUT2D eigenvalue weighted by atomic mass is 35.5. The minimum atomic E-state index is -0.120. The van der Waals surface area contributed by atoms with E-state index in [9.17, 15) is 4.79 Å². The van der Waals surface area contributed by atoms with Gasteiger partial charge in [-0.15, -0.1) is 0 Å². The normalized spacial score (nSPS) is 12.2. The highest BCUT2D eigenvalue weighted by molar-refractivity contribution is 6.31. The summed E-state index contributed by atoms with van der Waals surface area (Å²) >= 11 is 5.87. The zero-order chi connectivity index (χ0) is 13.5. The molecule has 0 spiro atoms. The van der Waals surface area contributed by atoms with Gasteiger partial charge in [0.25, 0.3) is 0 Å². The molecular weight excluding hydrogens is 252 g/mol. The third kappa shape index (κ3) is 5.04. The van der Waals surface area contributed by atoms with Crippen LogP contribution in [0.3, 0.4) is 0 Å². The van der Waals surface area contributed by atoms with E-state index in [-0.39, 0.29) is 25.1 Å². The Morgan fingerprint density at radius 3 is 2.89 bits per heavy atom. The lowest BCUT2D eigenvalue weighted by Crippen LogP contribution is -2.35. The van der Waals surface area contributed by atoms with E-state index in [1.54, 1.807) is 12.1 Å². The third-order valence-corrected chi connectivity index (χ3v) is 2.88. The number of halogens is 1. The Balaban J connectivity index is 2.47.